The van der Waals surface area contributed by atoms with Gasteiger partial charge in [-0.3, -0.25) is 9.59 Å². The van der Waals surface area contributed by atoms with E-state index in [1.807, 2.05) is 6.92 Å². The van der Waals surface area contributed by atoms with Crippen molar-refractivity contribution in [2.45, 2.75) is 32.9 Å². The molecule has 8 heteroatoms. The first-order valence-corrected chi connectivity index (χ1v) is 10.0. The lowest BCUT2D eigenvalue weighted by molar-refractivity contribution is -0.142. The van der Waals surface area contributed by atoms with E-state index in [1.165, 1.54) is 29.2 Å². The number of rotatable bonds is 9. The number of nitrogens with one attached hydrogen (secondary N) is 1. The molecule has 0 heterocycles. The van der Waals surface area contributed by atoms with Gasteiger partial charge in [0.2, 0.25) is 5.91 Å². The Morgan fingerprint density at radius 1 is 1.10 bits per heavy atom. The second-order valence-electron chi connectivity index (χ2n) is 6.28. The maximum Gasteiger partial charge on any atom is 0.261 e. The molecule has 0 fully saturated rings. The Kier molecular flexibility index (Phi) is 8.73. The van der Waals surface area contributed by atoms with Crippen LogP contribution in [0.3, 0.4) is 0 Å². The third-order valence-electron chi connectivity index (χ3n) is 4.30. The summed E-state index contributed by atoms with van der Waals surface area (Å²) in [5.74, 6) is -0.737. The fourth-order valence-corrected chi connectivity index (χ4v) is 3.34. The number of benzene rings is 2. The minimum atomic E-state index is -0.716. The maximum absolute atomic E-state index is 13.0. The van der Waals surface area contributed by atoms with Crippen molar-refractivity contribution in [3.8, 4) is 5.75 Å². The zero-order valence-corrected chi connectivity index (χ0v) is 17.8. The Labute approximate surface area is 179 Å². The minimum Gasteiger partial charge on any atom is -0.484 e. The molecule has 0 aromatic heterocycles. The Morgan fingerprint density at radius 2 is 1.72 bits per heavy atom. The van der Waals surface area contributed by atoms with E-state index in [9.17, 15) is 14.0 Å². The van der Waals surface area contributed by atoms with Crippen molar-refractivity contribution in [3.63, 3.8) is 0 Å². The third-order valence-corrected chi connectivity index (χ3v) is 5.01. The molecule has 0 radical (unpaired) electrons. The van der Waals surface area contributed by atoms with Crippen LogP contribution in [0.4, 0.5) is 4.39 Å². The van der Waals surface area contributed by atoms with Crippen molar-refractivity contribution in [1.29, 1.82) is 0 Å². The van der Waals surface area contributed by atoms with Crippen molar-refractivity contribution in [3.05, 3.63) is 63.9 Å². The fourth-order valence-electron chi connectivity index (χ4n) is 2.82. The first-order chi connectivity index (χ1) is 13.9. The zero-order valence-electron chi connectivity index (χ0n) is 16.3. The Balaban J connectivity index is 2.25. The lowest BCUT2D eigenvalue weighted by Gasteiger charge is -2.31. The van der Waals surface area contributed by atoms with Crippen LogP contribution in [0.1, 0.15) is 25.8 Å². The van der Waals surface area contributed by atoms with Gasteiger partial charge in [0, 0.05) is 28.7 Å². The zero-order chi connectivity index (χ0) is 21.4. The lowest BCUT2D eigenvalue weighted by atomic mass is 10.1. The van der Waals surface area contributed by atoms with Crippen LogP contribution in [-0.2, 0) is 16.1 Å². The van der Waals surface area contributed by atoms with E-state index in [0.717, 1.165) is 0 Å². The van der Waals surface area contributed by atoms with E-state index in [-0.39, 0.29) is 19.1 Å². The molecule has 2 aromatic rings. The van der Waals surface area contributed by atoms with Gasteiger partial charge < -0.3 is 15.0 Å². The van der Waals surface area contributed by atoms with Gasteiger partial charge in [0.05, 0.1) is 0 Å². The molecular formula is C21H23Cl2FN2O3. The summed E-state index contributed by atoms with van der Waals surface area (Å²) in [5, 5.41) is 3.55. The largest absolute Gasteiger partial charge is 0.484 e. The number of halogens is 3. The van der Waals surface area contributed by atoms with Crippen LogP contribution in [0.25, 0.3) is 0 Å². The smallest absolute Gasteiger partial charge is 0.261 e. The van der Waals surface area contributed by atoms with Crippen molar-refractivity contribution >= 4 is 35.0 Å². The second kappa shape index (κ2) is 11.0. The molecule has 0 aliphatic rings. The van der Waals surface area contributed by atoms with Crippen LogP contribution in [0.5, 0.6) is 5.75 Å². The van der Waals surface area contributed by atoms with Crippen LogP contribution < -0.4 is 10.1 Å². The highest BCUT2D eigenvalue weighted by atomic mass is 35.5. The molecule has 5 nitrogen and oxygen atoms in total. The molecule has 2 aromatic carbocycles. The van der Waals surface area contributed by atoms with Gasteiger partial charge in [0.25, 0.3) is 5.91 Å². The summed E-state index contributed by atoms with van der Waals surface area (Å²) in [5.41, 5.74) is 0.550. The number of likely N-dealkylation sites (N-methyl/N-ethyl adjacent to an activating group) is 1. The highest BCUT2D eigenvalue weighted by Crippen LogP contribution is 2.27. The van der Waals surface area contributed by atoms with Gasteiger partial charge in [-0.1, -0.05) is 36.2 Å². The normalized spacial score (nSPS) is 11.6. The van der Waals surface area contributed by atoms with Crippen LogP contribution in [0.2, 0.25) is 10.0 Å². The summed E-state index contributed by atoms with van der Waals surface area (Å²) in [6.45, 7) is 3.80. The molecule has 0 aliphatic carbocycles. The van der Waals surface area contributed by atoms with E-state index in [1.54, 1.807) is 25.1 Å². The molecular weight excluding hydrogens is 418 g/mol. The van der Waals surface area contributed by atoms with Crippen molar-refractivity contribution in [2.24, 2.45) is 0 Å². The van der Waals surface area contributed by atoms with Gasteiger partial charge in [0.1, 0.15) is 17.6 Å². The van der Waals surface area contributed by atoms with E-state index < -0.39 is 17.8 Å². The van der Waals surface area contributed by atoms with Crippen LogP contribution in [0, 0.1) is 5.82 Å². The highest BCUT2D eigenvalue weighted by Gasteiger charge is 2.29. The first kappa shape index (κ1) is 23.0. The number of ether oxygens (including phenoxy) is 1. The van der Waals surface area contributed by atoms with Gasteiger partial charge in [-0.2, -0.15) is 0 Å². The Morgan fingerprint density at radius 3 is 2.28 bits per heavy atom. The first-order valence-electron chi connectivity index (χ1n) is 9.25. The predicted octanol–water partition coefficient (Wildman–Crippen LogP) is 4.45. The van der Waals surface area contributed by atoms with E-state index in [2.05, 4.69) is 5.32 Å². The van der Waals surface area contributed by atoms with Gasteiger partial charge in [-0.05, 0) is 49.7 Å². The monoisotopic (exact) mass is 440 g/mol. The van der Waals surface area contributed by atoms with Crippen molar-refractivity contribution in [1.82, 2.24) is 10.2 Å². The molecule has 2 amide bonds. The highest BCUT2D eigenvalue weighted by molar-refractivity contribution is 6.36. The number of carbonyl (C=O) groups is 2. The second-order valence-corrected chi connectivity index (χ2v) is 7.10. The van der Waals surface area contributed by atoms with E-state index in [4.69, 9.17) is 27.9 Å². The third kappa shape index (κ3) is 6.34. The number of hydrogen-bond acceptors (Lipinski definition) is 3. The molecule has 0 saturated carbocycles. The van der Waals surface area contributed by atoms with Gasteiger partial charge >= 0.3 is 0 Å². The van der Waals surface area contributed by atoms with E-state index >= 15 is 0 Å². The average molecular weight is 441 g/mol. The molecule has 0 aliphatic heterocycles. The SMILES string of the molecule is CCNC(=O)C(CC)N(Cc1c(Cl)cccc1Cl)C(=O)COc1ccc(F)cc1. The van der Waals surface area contributed by atoms with Crippen LogP contribution in [-0.4, -0.2) is 35.9 Å². The number of amides is 2. The molecule has 2 rings (SSSR count). The molecule has 0 bridgehead atoms. The topological polar surface area (TPSA) is 58.6 Å². The number of hydrogen-bond donors (Lipinski definition) is 1. The summed E-state index contributed by atoms with van der Waals surface area (Å²) >= 11 is 12.5. The van der Waals surface area contributed by atoms with Gasteiger partial charge in [0.15, 0.2) is 6.61 Å². The summed E-state index contributed by atoms with van der Waals surface area (Å²) in [6.07, 6.45) is 0.399. The van der Waals surface area contributed by atoms with Gasteiger partial charge in [-0.25, -0.2) is 4.39 Å². The average Bonchev–Trinajstić information content (AvgIpc) is 2.69. The number of nitrogens with zero attached hydrogens (tertiary/aromatic N) is 1. The molecule has 0 saturated heterocycles. The fraction of sp³-hybridized carbons (Fsp3) is 0.333. The maximum atomic E-state index is 13.0. The van der Waals surface area contributed by atoms with Gasteiger partial charge in [-0.15, -0.1) is 0 Å². The van der Waals surface area contributed by atoms with Crippen LogP contribution in [0.15, 0.2) is 42.5 Å². The van der Waals surface area contributed by atoms with Crippen molar-refractivity contribution < 1.29 is 18.7 Å². The summed E-state index contributed by atoms with van der Waals surface area (Å²) in [7, 11) is 0. The van der Waals surface area contributed by atoms with E-state index in [0.29, 0.717) is 34.3 Å². The molecule has 1 N–H and O–H groups in total. The predicted molar refractivity (Wildman–Crippen MR) is 112 cm³/mol. The molecule has 29 heavy (non-hydrogen) atoms. The Bertz CT molecular complexity index is 826. The Hall–Kier alpha value is -2.31. The molecule has 1 unspecified atom stereocenters. The molecule has 0 spiro atoms. The molecule has 156 valence electrons. The van der Waals surface area contributed by atoms with Crippen LogP contribution >= 0.6 is 23.2 Å². The quantitative estimate of drug-likeness (QED) is 0.626. The lowest BCUT2D eigenvalue weighted by Crippen LogP contribution is -2.50. The number of carbonyl (C=O) groups excluding carboxylic acids is 2. The summed E-state index contributed by atoms with van der Waals surface area (Å²) in [6, 6.07) is 9.68. The summed E-state index contributed by atoms with van der Waals surface area (Å²) in [4.78, 5) is 26.9. The summed E-state index contributed by atoms with van der Waals surface area (Å²) < 4.78 is 18.5. The molecule has 1 atom stereocenters. The standard InChI is InChI=1S/C21H23Cl2FN2O3/c1-3-19(21(28)25-4-2)26(12-16-17(22)6-5-7-18(16)23)20(27)13-29-15-10-8-14(24)9-11-15/h5-11,19H,3-4,12-13H2,1-2H3,(H,25,28). The van der Waals surface area contributed by atoms with Crippen molar-refractivity contribution in [2.75, 3.05) is 13.2 Å². The minimum absolute atomic E-state index is 0.0553.